The maximum atomic E-state index is 5.79. The van der Waals surface area contributed by atoms with Gasteiger partial charge in [-0.1, -0.05) is 0 Å². The summed E-state index contributed by atoms with van der Waals surface area (Å²) in [7, 11) is 0. The second-order valence-electron chi connectivity index (χ2n) is 4.14. The summed E-state index contributed by atoms with van der Waals surface area (Å²) in [5.41, 5.74) is 0. The van der Waals surface area contributed by atoms with Crippen molar-refractivity contribution in [1.82, 2.24) is 4.90 Å². The molecule has 2 fully saturated rings. The second kappa shape index (κ2) is 5.31. The summed E-state index contributed by atoms with van der Waals surface area (Å²) >= 11 is 5.79. The first-order valence-corrected chi connectivity index (χ1v) is 5.89. The van der Waals surface area contributed by atoms with Crippen molar-refractivity contribution in [3.05, 3.63) is 0 Å². The minimum atomic E-state index is 0.229. The number of rotatable bonds is 3. The van der Waals surface area contributed by atoms with Gasteiger partial charge in [-0.3, -0.25) is 4.90 Å². The Kier molecular flexibility index (Phi) is 4.05. The lowest BCUT2D eigenvalue weighted by molar-refractivity contribution is -0.0216. The maximum absolute atomic E-state index is 5.79. The second-order valence-corrected chi connectivity index (χ2v) is 4.44. The Morgan fingerprint density at radius 2 is 2.29 bits per heavy atom. The fourth-order valence-corrected chi connectivity index (χ4v) is 2.32. The van der Waals surface area contributed by atoms with Crippen LogP contribution in [0.5, 0.6) is 0 Å². The van der Waals surface area contributed by atoms with Crippen molar-refractivity contribution in [3.63, 3.8) is 0 Å². The summed E-state index contributed by atoms with van der Waals surface area (Å²) in [4.78, 5) is 2.45. The molecular formula is C10H18ClNO2. The van der Waals surface area contributed by atoms with Gasteiger partial charge in [0.1, 0.15) is 0 Å². The van der Waals surface area contributed by atoms with E-state index in [1.54, 1.807) is 0 Å². The van der Waals surface area contributed by atoms with Crippen LogP contribution in [0.15, 0.2) is 0 Å². The van der Waals surface area contributed by atoms with Crippen molar-refractivity contribution >= 4 is 11.6 Å². The first kappa shape index (κ1) is 10.7. The van der Waals surface area contributed by atoms with Gasteiger partial charge in [0.15, 0.2) is 0 Å². The molecule has 2 atom stereocenters. The van der Waals surface area contributed by atoms with E-state index in [-0.39, 0.29) is 6.10 Å². The van der Waals surface area contributed by atoms with Crippen LogP contribution < -0.4 is 0 Å². The van der Waals surface area contributed by atoms with Gasteiger partial charge in [-0.25, -0.2) is 0 Å². The highest BCUT2D eigenvalue weighted by Gasteiger charge is 2.24. The lowest BCUT2D eigenvalue weighted by Gasteiger charge is -2.33. The van der Waals surface area contributed by atoms with E-state index in [2.05, 4.69) is 4.90 Å². The Hall–Kier alpha value is 0.170. The van der Waals surface area contributed by atoms with Crippen molar-refractivity contribution in [2.75, 3.05) is 45.3 Å². The number of hydrogen-bond acceptors (Lipinski definition) is 3. The summed E-state index contributed by atoms with van der Waals surface area (Å²) in [6.45, 7) is 5.88. The van der Waals surface area contributed by atoms with Crippen molar-refractivity contribution in [2.45, 2.75) is 12.5 Å². The van der Waals surface area contributed by atoms with Gasteiger partial charge in [0.05, 0.1) is 19.3 Å². The topological polar surface area (TPSA) is 21.7 Å². The zero-order valence-electron chi connectivity index (χ0n) is 8.45. The molecule has 0 radical (unpaired) electrons. The largest absolute Gasteiger partial charge is 0.381 e. The number of hydrogen-bond donors (Lipinski definition) is 0. The van der Waals surface area contributed by atoms with E-state index in [1.165, 1.54) is 6.42 Å². The molecule has 4 heteroatoms. The molecule has 2 saturated heterocycles. The van der Waals surface area contributed by atoms with Crippen LogP contribution in [0.1, 0.15) is 6.42 Å². The molecule has 0 amide bonds. The molecule has 0 aromatic carbocycles. The summed E-state index contributed by atoms with van der Waals surface area (Å²) < 4.78 is 10.9. The van der Waals surface area contributed by atoms with Crippen molar-refractivity contribution in [2.24, 2.45) is 5.92 Å². The Bertz CT molecular complexity index is 174. The Labute approximate surface area is 90.3 Å². The van der Waals surface area contributed by atoms with Gasteiger partial charge in [-0.05, 0) is 12.3 Å². The molecule has 0 aliphatic carbocycles. The van der Waals surface area contributed by atoms with Gasteiger partial charge in [-0.15, -0.1) is 11.6 Å². The van der Waals surface area contributed by atoms with E-state index in [4.69, 9.17) is 21.1 Å². The van der Waals surface area contributed by atoms with Gasteiger partial charge in [0.25, 0.3) is 0 Å². The first-order chi connectivity index (χ1) is 6.88. The summed E-state index contributed by atoms with van der Waals surface area (Å²) in [5.74, 6) is 1.33. The van der Waals surface area contributed by atoms with E-state index in [1.807, 2.05) is 0 Å². The van der Waals surface area contributed by atoms with Crippen molar-refractivity contribution < 1.29 is 9.47 Å². The van der Waals surface area contributed by atoms with Gasteiger partial charge >= 0.3 is 0 Å². The monoisotopic (exact) mass is 219 g/mol. The third-order valence-corrected chi connectivity index (χ3v) is 3.28. The lowest BCUT2D eigenvalue weighted by atomic mass is 10.1. The normalized spacial score (nSPS) is 34.9. The minimum Gasteiger partial charge on any atom is -0.381 e. The number of ether oxygens (including phenoxy) is 2. The fourth-order valence-electron chi connectivity index (χ4n) is 2.13. The quantitative estimate of drug-likeness (QED) is 0.661. The molecule has 0 N–H and O–H groups in total. The number of nitrogens with zero attached hydrogens (tertiary/aromatic N) is 1. The average Bonchev–Trinajstić information content (AvgIpc) is 2.71. The van der Waals surface area contributed by atoms with Gasteiger partial charge in [0.2, 0.25) is 0 Å². The van der Waals surface area contributed by atoms with Crippen LogP contribution >= 0.6 is 11.6 Å². The first-order valence-electron chi connectivity index (χ1n) is 5.36. The number of halogens is 1. The van der Waals surface area contributed by atoms with Crippen molar-refractivity contribution in [3.8, 4) is 0 Å². The van der Waals surface area contributed by atoms with Crippen LogP contribution in [0.4, 0.5) is 0 Å². The molecular weight excluding hydrogens is 202 g/mol. The smallest absolute Gasteiger partial charge is 0.0837 e. The summed E-state index contributed by atoms with van der Waals surface area (Å²) in [6, 6.07) is 0. The Morgan fingerprint density at radius 3 is 3.00 bits per heavy atom. The van der Waals surface area contributed by atoms with Gasteiger partial charge in [-0.2, -0.15) is 0 Å². The fraction of sp³-hybridized carbons (Fsp3) is 1.00. The van der Waals surface area contributed by atoms with Crippen LogP contribution in [0.3, 0.4) is 0 Å². The van der Waals surface area contributed by atoms with Gasteiger partial charge in [0, 0.05) is 32.1 Å². The molecule has 2 rings (SSSR count). The third kappa shape index (κ3) is 2.83. The molecule has 3 nitrogen and oxygen atoms in total. The predicted molar refractivity (Wildman–Crippen MR) is 55.8 cm³/mol. The molecule has 0 spiro atoms. The molecule has 14 heavy (non-hydrogen) atoms. The third-order valence-electron chi connectivity index (χ3n) is 2.94. The summed E-state index contributed by atoms with van der Waals surface area (Å²) in [6.07, 6.45) is 1.44. The lowest BCUT2D eigenvalue weighted by Crippen LogP contribution is -2.45. The number of alkyl halides is 1. The highest BCUT2D eigenvalue weighted by atomic mass is 35.5. The van der Waals surface area contributed by atoms with Gasteiger partial charge < -0.3 is 9.47 Å². The van der Waals surface area contributed by atoms with Crippen molar-refractivity contribution in [1.29, 1.82) is 0 Å². The standard InChI is InChI=1S/C10H18ClNO2/c11-5-10-7-12(2-4-14-10)6-9-1-3-13-8-9/h9-10H,1-8H2. The van der Waals surface area contributed by atoms with E-state index >= 15 is 0 Å². The minimum absolute atomic E-state index is 0.229. The molecule has 0 aromatic rings. The van der Waals surface area contributed by atoms with Crippen LogP contribution in [-0.2, 0) is 9.47 Å². The highest BCUT2D eigenvalue weighted by molar-refractivity contribution is 6.18. The molecule has 82 valence electrons. The molecule has 2 aliphatic heterocycles. The van der Waals surface area contributed by atoms with E-state index < -0.39 is 0 Å². The van der Waals surface area contributed by atoms with E-state index in [9.17, 15) is 0 Å². The van der Waals surface area contributed by atoms with Crippen LogP contribution in [0.25, 0.3) is 0 Å². The molecule has 2 heterocycles. The van der Waals surface area contributed by atoms with E-state index in [0.29, 0.717) is 5.88 Å². The molecule has 0 aromatic heterocycles. The number of morpholine rings is 1. The summed E-state index contributed by atoms with van der Waals surface area (Å²) in [5, 5.41) is 0. The zero-order chi connectivity index (χ0) is 9.80. The molecule has 2 unspecified atom stereocenters. The molecule has 0 bridgehead atoms. The van der Waals surface area contributed by atoms with Crippen LogP contribution in [0, 0.1) is 5.92 Å². The highest BCUT2D eigenvalue weighted by Crippen LogP contribution is 2.16. The van der Waals surface area contributed by atoms with Crippen LogP contribution in [-0.4, -0.2) is 56.3 Å². The SMILES string of the molecule is ClCC1CN(CC2CCOC2)CCO1. The maximum Gasteiger partial charge on any atom is 0.0837 e. The average molecular weight is 220 g/mol. The van der Waals surface area contributed by atoms with Crippen LogP contribution in [0.2, 0.25) is 0 Å². The molecule has 0 saturated carbocycles. The Morgan fingerprint density at radius 1 is 1.36 bits per heavy atom. The van der Waals surface area contributed by atoms with E-state index in [0.717, 1.165) is 45.4 Å². The predicted octanol–water partition coefficient (Wildman–Crippen LogP) is 0.962. The zero-order valence-corrected chi connectivity index (χ0v) is 9.21. The Balaban J connectivity index is 1.73. The molecule has 2 aliphatic rings.